The first kappa shape index (κ1) is 11.5. The predicted octanol–water partition coefficient (Wildman–Crippen LogP) is 3.05. The number of hydrogen-bond donors (Lipinski definition) is 2. The topological polar surface area (TPSA) is 27.8 Å². The van der Waals surface area contributed by atoms with E-state index in [1.165, 1.54) is 22.9 Å². The molecule has 0 bridgehead atoms. The van der Waals surface area contributed by atoms with Crippen LogP contribution in [0.5, 0.6) is 0 Å². The van der Waals surface area contributed by atoms with E-state index in [1.54, 1.807) is 0 Å². The minimum atomic E-state index is -0.619. The van der Waals surface area contributed by atoms with E-state index in [0.717, 1.165) is 19.4 Å². The van der Waals surface area contributed by atoms with Crippen LogP contribution in [0.4, 0.5) is 4.39 Å². The van der Waals surface area contributed by atoms with Gasteiger partial charge in [-0.3, -0.25) is 0 Å². The van der Waals surface area contributed by atoms with Crippen molar-refractivity contribution in [2.24, 2.45) is 11.8 Å². The SMILES string of the molecule is F[C@@H]1C[C@H]2C[C@H]2C1NCCc1cccc2[nH]ccc12. The molecule has 4 atom stereocenters. The first-order valence-corrected chi connectivity index (χ1v) is 7.25. The van der Waals surface area contributed by atoms with Crippen molar-refractivity contribution in [1.29, 1.82) is 0 Å². The van der Waals surface area contributed by atoms with Gasteiger partial charge in [0.25, 0.3) is 0 Å². The molecule has 100 valence electrons. The molecule has 1 heterocycles. The van der Waals surface area contributed by atoms with Gasteiger partial charge in [-0.25, -0.2) is 4.39 Å². The highest BCUT2D eigenvalue weighted by atomic mass is 19.1. The maximum absolute atomic E-state index is 13.7. The van der Waals surface area contributed by atoms with Crippen molar-refractivity contribution in [1.82, 2.24) is 10.3 Å². The first-order chi connectivity index (χ1) is 9.33. The monoisotopic (exact) mass is 258 g/mol. The third-order valence-corrected chi connectivity index (χ3v) is 4.82. The molecule has 2 nitrogen and oxygen atoms in total. The van der Waals surface area contributed by atoms with Crippen molar-refractivity contribution in [3.05, 3.63) is 36.0 Å². The van der Waals surface area contributed by atoms with Gasteiger partial charge in [-0.15, -0.1) is 0 Å². The summed E-state index contributed by atoms with van der Waals surface area (Å²) in [5.41, 5.74) is 2.52. The Kier molecular flexibility index (Phi) is 2.62. The van der Waals surface area contributed by atoms with Crippen LogP contribution in [0.25, 0.3) is 10.9 Å². The van der Waals surface area contributed by atoms with Gasteiger partial charge in [-0.2, -0.15) is 0 Å². The fourth-order valence-electron chi connectivity index (χ4n) is 3.71. The fourth-order valence-corrected chi connectivity index (χ4v) is 3.71. The molecule has 1 aromatic carbocycles. The molecule has 2 fully saturated rings. The van der Waals surface area contributed by atoms with Gasteiger partial charge in [0.2, 0.25) is 0 Å². The van der Waals surface area contributed by atoms with E-state index in [9.17, 15) is 4.39 Å². The summed E-state index contributed by atoms with van der Waals surface area (Å²) in [5.74, 6) is 1.30. The van der Waals surface area contributed by atoms with E-state index < -0.39 is 6.17 Å². The van der Waals surface area contributed by atoms with E-state index >= 15 is 0 Å². The third kappa shape index (κ3) is 1.96. The normalized spacial score (nSPS) is 32.7. The van der Waals surface area contributed by atoms with Crippen molar-refractivity contribution in [3.8, 4) is 0 Å². The van der Waals surface area contributed by atoms with Gasteiger partial charge < -0.3 is 10.3 Å². The van der Waals surface area contributed by atoms with Crippen LogP contribution in [0.15, 0.2) is 30.5 Å². The largest absolute Gasteiger partial charge is 0.361 e. The summed E-state index contributed by atoms with van der Waals surface area (Å²) >= 11 is 0. The second kappa shape index (κ2) is 4.34. The minimum absolute atomic E-state index is 0.121. The van der Waals surface area contributed by atoms with Gasteiger partial charge in [-0.05, 0) is 55.3 Å². The van der Waals surface area contributed by atoms with Gasteiger partial charge >= 0.3 is 0 Å². The molecule has 2 aliphatic carbocycles. The third-order valence-electron chi connectivity index (χ3n) is 4.82. The Hall–Kier alpha value is -1.35. The average molecular weight is 258 g/mol. The molecular weight excluding hydrogens is 239 g/mol. The van der Waals surface area contributed by atoms with Crippen LogP contribution < -0.4 is 5.32 Å². The van der Waals surface area contributed by atoms with Gasteiger partial charge in [0, 0.05) is 23.1 Å². The molecule has 19 heavy (non-hydrogen) atoms. The van der Waals surface area contributed by atoms with Crippen LogP contribution in [0.2, 0.25) is 0 Å². The highest BCUT2D eigenvalue weighted by Crippen LogP contribution is 2.52. The second-order valence-corrected chi connectivity index (χ2v) is 6.00. The number of benzene rings is 1. The molecule has 0 spiro atoms. The minimum Gasteiger partial charge on any atom is -0.361 e. The second-order valence-electron chi connectivity index (χ2n) is 6.00. The van der Waals surface area contributed by atoms with Crippen LogP contribution in [-0.2, 0) is 6.42 Å². The molecule has 1 aromatic heterocycles. The van der Waals surface area contributed by atoms with Crippen LogP contribution in [-0.4, -0.2) is 23.7 Å². The van der Waals surface area contributed by atoms with Crippen molar-refractivity contribution in [3.63, 3.8) is 0 Å². The molecule has 2 aliphatic rings. The van der Waals surface area contributed by atoms with E-state index in [4.69, 9.17) is 0 Å². The van der Waals surface area contributed by atoms with Crippen molar-refractivity contribution in [2.75, 3.05) is 6.54 Å². The molecule has 0 radical (unpaired) electrons. The van der Waals surface area contributed by atoms with Gasteiger partial charge in [-0.1, -0.05) is 12.1 Å². The Morgan fingerprint density at radius 3 is 3.05 bits per heavy atom. The molecule has 0 amide bonds. The van der Waals surface area contributed by atoms with Crippen LogP contribution in [0.3, 0.4) is 0 Å². The lowest BCUT2D eigenvalue weighted by Crippen LogP contribution is -2.37. The Morgan fingerprint density at radius 2 is 2.21 bits per heavy atom. The Balaban J connectivity index is 1.41. The van der Waals surface area contributed by atoms with E-state index in [0.29, 0.717) is 11.8 Å². The molecule has 0 aliphatic heterocycles. The Morgan fingerprint density at radius 1 is 1.26 bits per heavy atom. The Labute approximate surface area is 112 Å². The van der Waals surface area contributed by atoms with Gasteiger partial charge in [0.05, 0.1) is 0 Å². The summed E-state index contributed by atoms with van der Waals surface area (Å²) in [5, 5.41) is 4.73. The molecule has 2 N–H and O–H groups in total. The highest BCUT2D eigenvalue weighted by molar-refractivity contribution is 5.82. The summed E-state index contributed by atoms with van der Waals surface area (Å²) in [6, 6.07) is 8.58. The number of hydrogen-bond acceptors (Lipinski definition) is 1. The number of nitrogens with one attached hydrogen (secondary N) is 2. The van der Waals surface area contributed by atoms with Crippen LogP contribution in [0.1, 0.15) is 18.4 Å². The lowest BCUT2D eigenvalue weighted by Gasteiger charge is -2.17. The fraction of sp³-hybridized carbons (Fsp3) is 0.500. The van der Waals surface area contributed by atoms with Crippen molar-refractivity contribution >= 4 is 10.9 Å². The number of alkyl halides is 1. The summed E-state index contributed by atoms with van der Waals surface area (Å²) in [4.78, 5) is 3.23. The summed E-state index contributed by atoms with van der Waals surface area (Å²) in [6.45, 7) is 0.874. The van der Waals surface area contributed by atoms with E-state index in [2.05, 4.69) is 34.6 Å². The molecule has 1 unspecified atom stereocenters. The van der Waals surface area contributed by atoms with Crippen LogP contribution in [0, 0.1) is 11.8 Å². The van der Waals surface area contributed by atoms with Crippen molar-refractivity contribution < 1.29 is 4.39 Å². The number of aromatic amines is 1. The number of aromatic nitrogens is 1. The van der Waals surface area contributed by atoms with Gasteiger partial charge in [0.1, 0.15) is 6.17 Å². The molecule has 3 heteroatoms. The first-order valence-electron chi connectivity index (χ1n) is 7.25. The zero-order chi connectivity index (χ0) is 12.8. The van der Waals surface area contributed by atoms with E-state index in [-0.39, 0.29) is 6.04 Å². The molecule has 2 aromatic rings. The summed E-state index contributed by atoms with van der Waals surface area (Å²) in [7, 11) is 0. The summed E-state index contributed by atoms with van der Waals surface area (Å²) in [6.07, 6.45) is 4.36. The highest BCUT2D eigenvalue weighted by Gasteiger charge is 2.53. The maximum Gasteiger partial charge on any atom is 0.116 e. The zero-order valence-corrected chi connectivity index (χ0v) is 10.9. The van der Waals surface area contributed by atoms with E-state index in [1.807, 2.05) is 6.20 Å². The number of fused-ring (bicyclic) bond motifs is 2. The Bertz CT molecular complexity index is 589. The maximum atomic E-state index is 13.7. The number of halogens is 1. The average Bonchev–Trinajstić information content (AvgIpc) is 2.86. The predicted molar refractivity (Wildman–Crippen MR) is 74.9 cm³/mol. The molecule has 2 saturated carbocycles. The standard InChI is InChI=1S/C16H19FN2/c17-14-9-11-8-13(11)16(14)19-6-4-10-2-1-3-15-12(10)5-7-18-15/h1-3,5,7,11,13-14,16,18-19H,4,6,8-9H2/t11-,13-,14-,16?/m1/s1. The number of rotatable bonds is 4. The van der Waals surface area contributed by atoms with Gasteiger partial charge in [0.15, 0.2) is 0 Å². The summed E-state index contributed by atoms with van der Waals surface area (Å²) < 4.78 is 13.7. The lowest BCUT2D eigenvalue weighted by molar-refractivity contribution is 0.253. The lowest BCUT2D eigenvalue weighted by atomic mass is 10.1. The molecule has 0 saturated heterocycles. The zero-order valence-electron chi connectivity index (χ0n) is 10.9. The number of H-pyrrole nitrogens is 1. The van der Waals surface area contributed by atoms with Crippen molar-refractivity contribution in [2.45, 2.75) is 31.5 Å². The quantitative estimate of drug-likeness (QED) is 0.866. The molecular formula is C16H19FN2. The van der Waals surface area contributed by atoms with Crippen LogP contribution >= 0.6 is 0 Å². The molecule has 4 rings (SSSR count). The smallest absolute Gasteiger partial charge is 0.116 e.